The fourth-order valence-electron chi connectivity index (χ4n) is 2.01. The fraction of sp³-hybridized carbons (Fsp3) is 0.267. The highest BCUT2D eigenvalue weighted by Crippen LogP contribution is 2.18. The van der Waals surface area contributed by atoms with E-state index in [1.165, 1.54) is 13.0 Å². The molecule has 1 aromatic carbocycles. The summed E-state index contributed by atoms with van der Waals surface area (Å²) >= 11 is 0. The summed E-state index contributed by atoms with van der Waals surface area (Å²) in [6, 6.07) is 7.84. The number of hydrogen-bond donors (Lipinski definition) is 2. The van der Waals surface area contributed by atoms with Crippen LogP contribution in [0.25, 0.3) is 0 Å². The van der Waals surface area contributed by atoms with E-state index in [9.17, 15) is 18.0 Å². The topological polar surface area (TPSA) is 122 Å². The Hall–Kier alpha value is -2.88. The molecule has 2 aromatic rings. The molecule has 0 aliphatic heterocycles. The Bertz CT molecular complexity index is 874. The molecule has 9 nitrogen and oxygen atoms in total. The van der Waals surface area contributed by atoms with Gasteiger partial charge in [0.05, 0.1) is 6.26 Å². The lowest BCUT2D eigenvalue weighted by Gasteiger charge is -2.18. The third-order valence-corrected chi connectivity index (χ3v) is 4.16. The number of nitrogens with zero attached hydrogens (tertiary/aromatic N) is 2. The van der Waals surface area contributed by atoms with Crippen molar-refractivity contribution in [1.29, 1.82) is 0 Å². The summed E-state index contributed by atoms with van der Waals surface area (Å²) in [6.45, 7) is 2.56. The minimum atomic E-state index is -3.71. The highest BCUT2D eigenvalue weighted by Gasteiger charge is 2.23. The van der Waals surface area contributed by atoms with Crippen LogP contribution in [0.15, 0.2) is 34.9 Å². The van der Waals surface area contributed by atoms with E-state index in [1.807, 2.05) is 0 Å². The Morgan fingerprint density at radius 2 is 1.72 bits per heavy atom. The van der Waals surface area contributed by atoms with Gasteiger partial charge in [-0.1, -0.05) is 5.16 Å². The van der Waals surface area contributed by atoms with Crippen molar-refractivity contribution in [2.24, 2.45) is 0 Å². The van der Waals surface area contributed by atoms with Gasteiger partial charge in [0.15, 0.2) is 5.82 Å². The zero-order valence-electron chi connectivity index (χ0n) is 13.9. The van der Waals surface area contributed by atoms with Crippen LogP contribution in [0.2, 0.25) is 0 Å². The van der Waals surface area contributed by atoms with E-state index in [-0.39, 0.29) is 11.7 Å². The number of carbonyl (C=O) groups is 2. The molecule has 0 unspecified atom stereocenters. The molecule has 0 radical (unpaired) electrons. The number of rotatable bonds is 6. The number of amides is 2. The second kappa shape index (κ2) is 7.34. The lowest BCUT2D eigenvalue weighted by atomic mass is 10.2. The largest absolute Gasteiger partial charge is 0.360 e. The Morgan fingerprint density at radius 1 is 1.16 bits per heavy atom. The first-order chi connectivity index (χ1) is 11.6. The predicted molar refractivity (Wildman–Crippen MR) is 92.8 cm³/mol. The summed E-state index contributed by atoms with van der Waals surface area (Å²) in [5, 5.41) is 8.82. The van der Waals surface area contributed by atoms with Crippen molar-refractivity contribution in [1.82, 2.24) is 5.16 Å². The van der Waals surface area contributed by atoms with Gasteiger partial charge in [0.2, 0.25) is 21.8 Å². The molecule has 0 spiro atoms. The van der Waals surface area contributed by atoms with Gasteiger partial charge >= 0.3 is 0 Å². The molecule has 0 aliphatic rings. The number of benzene rings is 1. The van der Waals surface area contributed by atoms with E-state index in [2.05, 4.69) is 15.8 Å². The van der Waals surface area contributed by atoms with E-state index in [4.69, 9.17) is 4.52 Å². The SMILES string of the molecule is CC(=O)Nc1ccc(NC(=O)CN(c2cc(C)on2)S(C)(=O)=O)cc1. The summed E-state index contributed by atoms with van der Waals surface area (Å²) < 4.78 is 29.5. The minimum Gasteiger partial charge on any atom is -0.360 e. The van der Waals surface area contributed by atoms with Crippen molar-refractivity contribution < 1.29 is 22.5 Å². The highest BCUT2D eigenvalue weighted by molar-refractivity contribution is 7.92. The predicted octanol–water partition coefficient (Wildman–Crippen LogP) is 1.35. The summed E-state index contributed by atoms with van der Waals surface area (Å²) in [5.41, 5.74) is 1.05. The second-order valence-corrected chi connectivity index (χ2v) is 7.28. The van der Waals surface area contributed by atoms with Crippen molar-refractivity contribution in [3.8, 4) is 0 Å². The first-order valence-corrected chi connectivity index (χ1v) is 9.08. The van der Waals surface area contributed by atoms with Crippen LogP contribution in [0.1, 0.15) is 12.7 Å². The minimum absolute atomic E-state index is 0.0381. The Balaban J connectivity index is 2.07. The van der Waals surface area contributed by atoms with Crippen LogP contribution in [-0.2, 0) is 19.6 Å². The lowest BCUT2D eigenvalue weighted by Crippen LogP contribution is -2.37. The molecular formula is C15H18N4O5S. The zero-order chi connectivity index (χ0) is 18.6. The standard InChI is InChI=1S/C15H18N4O5S/c1-10-8-14(18-24-10)19(25(3,22)23)9-15(21)17-13-6-4-12(5-7-13)16-11(2)20/h4-8H,9H2,1-3H3,(H,16,20)(H,17,21). The molecule has 0 atom stereocenters. The van der Waals surface area contributed by atoms with Gasteiger partial charge in [-0.3, -0.25) is 9.59 Å². The van der Waals surface area contributed by atoms with E-state index < -0.39 is 22.5 Å². The van der Waals surface area contributed by atoms with Gasteiger partial charge in [-0.25, -0.2) is 12.7 Å². The monoisotopic (exact) mass is 366 g/mol. The first-order valence-electron chi connectivity index (χ1n) is 7.23. The maximum Gasteiger partial charge on any atom is 0.245 e. The van der Waals surface area contributed by atoms with Crippen molar-refractivity contribution >= 4 is 39.0 Å². The van der Waals surface area contributed by atoms with Gasteiger partial charge < -0.3 is 15.2 Å². The third-order valence-electron chi connectivity index (χ3n) is 3.05. The van der Waals surface area contributed by atoms with E-state index in [0.717, 1.165) is 10.6 Å². The molecule has 1 aromatic heterocycles. The van der Waals surface area contributed by atoms with E-state index in [1.54, 1.807) is 31.2 Å². The molecule has 134 valence electrons. The molecule has 0 saturated heterocycles. The van der Waals surface area contributed by atoms with Crippen LogP contribution in [0.4, 0.5) is 17.2 Å². The van der Waals surface area contributed by atoms with Gasteiger partial charge in [0, 0.05) is 24.4 Å². The average molecular weight is 366 g/mol. The number of sulfonamides is 1. The number of anilines is 3. The van der Waals surface area contributed by atoms with Gasteiger partial charge in [-0.05, 0) is 31.2 Å². The van der Waals surface area contributed by atoms with Crippen molar-refractivity contribution in [3.63, 3.8) is 0 Å². The van der Waals surface area contributed by atoms with Gasteiger partial charge in [-0.2, -0.15) is 0 Å². The average Bonchev–Trinajstić information content (AvgIpc) is 2.91. The van der Waals surface area contributed by atoms with Crippen LogP contribution in [0, 0.1) is 6.92 Å². The highest BCUT2D eigenvalue weighted by atomic mass is 32.2. The van der Waals surface area contributed by atoms with Crippen LogP contribution in [0.5, 0.6) is 0 Å². The molecule has 0 fully saturated rings. The third kappa shape index (κ3) is 5.31. The lowest BCUT2D eigenvalue weighted by molar-refractivity contribution is -0.115. The van der Waals surface area contributed by atoms with Gasteiger partial charge in [0.1, 0.15) is 12.3 Å². The summed E-state index contributed by atoms with van der Waals surface area (Å²) in [5.74, 6) is -0.282. The summed E-state index contributed by atoms with van der Waals surface area (Å²) in [7, 11) is -3.71. The summed E-state index contributed by atoms with van der Waals surface area (Å²) in [6.07, 6.45) is 0.979. The first kappa shape index (κ1) is 18.5. The van der Waals surface area contributed by atoms with Crippen LogP contribution >= 0.6 is 0 Å². The molecule has 0 bridgehead atoms. The second-order valence-electron chi connectivity index (χ2n) is 5.37. The molecule has 1 heterocycles. The molecule has 0 aliphatic carbocycles. The van der Waals surface area contributed by atoms with Crippen molar-refractivity contribution in [2.45, 2.75) is 13.8 Å². The van der Waals surface area contributed by atoms with E-state index >= 15 is 0 Å². The van der Waals surface area contributed by atoms with Crippen molar-refractivity contribution in [3.05, 3.63) is 36.1 Å². The van der Waals surface area contributed by atoms with Crippen LogP contribution < -0.4 is 14.9 Å². The van der Waals surface area contributed by atoms with E-state index in [0.29, 0.717) is 17.1 Å². The van der Waals surface area contributed by atoms with Crippen LogP contribution in [-0.4, -0.2) is 38.2 Å². The Morgan fingerprint density at radius 3 is 2.16 bits per heavy atom. The van der Waals surface area contributed by atoms with Gasteiger partial charge in [-0.15, -0.1) is 0 Å². The molecule has 2 N–H and O–H groups in total. The Labute approximate surface area is 145 Å². The molecule has 10 heteroatoms. The zero-order valence-corrected chi connectivity index (χ0v) is 14.8. The molecule has 25 heavy (non-hydrogen) atoms. The number of carbonyl (C=O) groups excluding carboxylic acids is 2. The van der Waals surface area contributed by atoms with Crippen LogP contribution in [0.3, 0.4) is 0 Å². The molecule has 2 amide bonds. The normalized spacial score (nSPS) is 11.0. The Kier molecular flexibility index (Phi) is 5.42. The molecule has 0 saturated carbocycles. The quantitative estimate of drug-likeness (QED) is 0.796. The number of aryl methyl sites for hydroxylation is 1. The van der Waals surface area contributed by atoms with Gasteiger partial charge in [0.25, 0.3) is 0 Å². The van der Waals surface area contributed by atoms with Crippen molar-refractivity contribution in [2.75, 3.05) is 27.7 Å². The molecular weight excluding hydrogens is 348 g/mol. The maximum atomic E-state index is 12.2. The number of nitrogens with one attached hydrogen (secondary N) is 2. The molecule has 2 rings (SSSR count). The summed E-state index contributed by atoms with van der Waals surface area (Å²) in [4.78, 5) is 23.1. The maximum absolute atomic E-state index is 12.2. The number of hydrogen-bond acceptors (Lipinski definition) is 6. The smallest absolute Gasteiger partial charge is 0.245 e. The number of aromatic nitrogens is 1. The fourth-order valence-corrected chi connectivity index (χ4v) is 2.79.